The van der Waals surface area contributed by atoms with Crippen molar-refractivity contribution in [3.05, 3.63) is 62.5 Å². The van der Waals surface area contributed by atoms with E-state index in [9.17, 15) is 18.4 Å². The third-order valence-corrected chi connectivity index (χ3v) is 3.23. The molecule has 1 N–H and O–H groups in total. The molecule has 0 bridgehead atoms. The summed E-state index contributed by atoms with van der Waals surface area (Å²) in [6, 6.07) is 4.29. The molecule has 0 unspecified atom stereocenters. The van der Waals surface area contributed by atoms with Crippen LogP contribution in [-0.4, -0.2) is 10.5 Å². The number of amides is 1. The molecule has 1 aromatic heterocycles. The number of halogens is 3. The van der Waals surface area contributed by atoms with Gasteiger partial charge in [-0.25, -0.2) is 8.78 Å². The van der Waals surface area contributed by atoms with Gasteiger partial charge < -0.3 is 9.88 Å². The van der Waals surface area contributed by atoms with Crippen LogP contribution in [0.5, 0.6) is 0 Å². The van der Waals surface area contributed by atoms with Crippen molar-refractivity contribution in [2.24, 2.45) is 7.05 Å². The lowest BCUT2D eigenvalue weighted by Gasteiger charge is -2.08. The molecule has 1 amide bonds. The van der Waals surface area contributed by atoms with E-state index in [1.807, 2.05) is 0 Å². The lowest BCUT2D eigenvalue weighted by Crippen LogP contribution is -2.20. The van der Waals surface area contributed by atoms with Gasteiger partial charge in [-0.1, -0.05) is 0 Å². The third kappa shape index (κ3) is 2.93. The number of rotatable bonds is 2. The highest BCUT2D eigenvalue weighted by Gasteiger charge is 2.13. The fourth-order valence-corrected chi connectivity index (χ4v) is 1.82. The van der Waals surface area contributed by atoms with E-state index in [-0.39, 0.29) is 21.3 Å². The number of anilines is 1. The Balaban J connectivity index is 2.30. The number of nitrogens with zero attached hydrogens (tertiary/aromatic N) is 1. The van der Waals surface area contributed by atoms with Gasteiger partial charge in [-0.3, -0.25) is 9.59 Å². The van der Waals surface area contributed by atoms with Crippen molar-refractivity contribution < 1.29 is 13.6 Å². The molecule has 0 spiro atoms. The van der Waals surface area contributed by atoms with Crippen LogP contribution in [-0.2, 0) is 7.05 Å². The Morgan fingerprint density at radius 1 is 1.25 bits per heavy atom. The van der Waals surface area contributed by atoms with Crippen LogP contribution in [0.2, 0.25) is 0 Å². The number of pyridine rings is 1. The van der Waals surface area contributed by atoms with Crippen LogP contribution in [0.15, 0.2) is 39.7 Å². The summed E-state index contributed by atoms with van der Waals surface area (Å²) in [4.78, 5) is 23.3. The molecule has 0 aliphatic carbocycles. The molecule has 0 saturated heterocycles. The van der Waals surface area contributed by atoms with Gasteiger partial charge in [-0.2, -0.15) is 0 Å². The average Bonchev–Trinajstić information content (AvgIpc) is 2.39. The number of hydrogen-bond acceptors (Lipinski definition) is 2. The van der Waals surface area contributed by atoms with Crippen molar-refractivity contribution in [2.45, 2.75) is 0 Å². The van der Waals surface area contributed by atoms with Gasteiger partial charge in [0.05, 0.1) is 10.2 Å². The number of nitrogens with one attached hydrogen (secondary N) is 1. The second kappa shape index (κ2) is 5.54. The molecule has 2 aromatic rings. The van der Waals surface area contributed by atoms with Crippen molar-refractivity contribution in [1.82, 2.24) is 4.57 Å². The van der Waals surface area contributed by atoms with Gasteiger partial charge in [0.25, 0.3) is 11.5 Å². The first-order valence-corrected chi connectivity index (χ1v) is 6.30. The van der Waals surface area contributed by atoms with Gasteiger partial charge in [0.15, 0.2) is 0 Å². The zero-order valence-electron chi connectivity index (χ0n) is 10.3. The Kier molecular flexibility index (Phi) is 3.99. The van der Waals surface area contributed by atoms with Gasteiger partial charge in [0.2, 0.25) is 0 Å². The Labute approximate surface area is 121 Å². The molecule has 0 radical (unpaired) electrons. The Morgan fingerprint density at radius 3 is 2.60 bits per heavy atom. The number of carbonyl (C=O) groups is 1. The molecule has 0 aliphatic rings. The van der Waals surface area contributed by atoms with Crippen LogP contribution in [0.4, 0.5) is 14.5 Å². The molecule has 4 nitrogen and oxygen atoms in total. The number of benzene rings is 1. The fourth-order valence-electron chi connectivity index (χ4n) is 1.50. The summed E-state index contributed by atoms with van der Waals surface area (Å²) in [5.41, 5.74) is -0.604. The number of aryl methyl sites for hydroxylation is 1. The standard InChI is InChI=1S/C13H9BrF2N2O2/c1-18-3-2-7(4-12(18)19)13(20)17-11-6-9(15)8(14)5-10(11)16/h2-6H,1H3,(H,17,20). The van der Waals surface area contributed by atoms with E-state index >= 15 is 0 Å². The van der Waals surface area contributed by atoms with Crippen LogP contribution in [0, 0.1) is 11.6 Å². The largest absolute Gasteiger partial charge is 0.319 e. The van der Waals surface area contributed by atoms with Crippen molar-refractivity contribution in [2.75, 3.05) is 5.32 Å². The Bertz CT molecular complexity index is 744. The molecule has 104 valence electrons. The van der Waals surface area contributed by atoms with Crippen LogP contribution >= 0.6 is 15.9 Å². The molecule has 0 fully saturated rings. The molecule has 20 heavy (non-hydrogen) atoms. The predicted molar refractivity (Wildman–Crippen MR) is 73.7 cm³/mol. The molecular formula is C13H9BrF2N2O2. The van der Waals surface area contributed by atoms with Crippen molar-refractivity contribution in [1.29, 1.82) is 0 Å². The maximum absolute atomic E-state index is 13.6. The van der Waals surface area contributed by atoms with Crippen molar-refractivity contribution in [3.63, 3.8) is 0 Å². The highest BCUT2D eigenvalue weighted by atomic mass is 79.9. The van der Waals surface area contributed by atoms with Crippen molar-refractivity contribution in [3.8, 4) is 0 Å². The SMILES string of the molecule is Cn1ccc(C(=O)Nc2cc(F)c(Br)cc2F)cc1=O. The molecule has 0 atom stereocenters. The van der Waals surface area contributed by atoms with E-state index < -0.39 is 17.5 Å². The van der Waals surface area contributed by atoms with E-state index in [1.54, 1.807) is 0 Å². The zero-order valence-corrected chi connectivity index (χ0v) is 11.9. The number of aromatic nitrogens is 1. The minimum absolute atomic E-state index is 0.0402. The molecule has 1 aromatic carbocycles. The Morgan fingerprint density at radius 2 is 1.95 bits per heavy atom. The lowest BCUT2D eigenvalue weighted by molar-refractivity contribution is 0.102. The highest BCUT2D eigenvalue weighted by molar-refractivity contribution is 9.10. The summed E-state index contributed by atoms with van der Waals surface area (Å²) >= 11 is 2.84. The topological polar surface area (TPSA) is 51.1 Å². The first-order chi connectivity index (χ1) is 9.38. The van der Waals surface area contributed by atoms with Gasteiger partial charge >= 0.3 is 0 Å². The highest BCUT2D eigenvalue weighted by Crippen LogP contribution is 2.23. The lowest BCUT2D eigenvalue weighted by atomic mass is 10.2. The molecule has 7 heteroatoms. The summed E-state index contributed by atoms with van der Waals surface area (Å²) in [6.45, 7) is 0. The summed E-state index contributed by atoms with van der Waals surface area (Å²) in [7, 11) is 1.54. The summed E-state index contributed by atoms with van der Waals surface area (Å²) < 4.78 is 28.1. The van der Waals surface area contributed by atoms with Crippen LogP contribution < -0.4 is 10.9 Å². The number of carbonyl (C=O) groups excluding carboxylic acids is 1. The Hall–Kier alpha value is -2.02. The molecule has 0 saturated carbocycles. The van der Waals surface area contributed by atoms with Crippen LogP contribution in [0.1, 0.15) is 10.4 Å². The van der Waals surface area contributed by atoms with Gasteiger partial charge in [-0.15, -0.1) is 0 Å². The van der Waals surface area contributed by atoms with E-state index in [2.05, 4.69) is 21.2 Å². The summed E-state index contributed by atoms with van der Waals surface area (Å²) in [6.07, 6.45) is 1.41. The molecular weight excluding hydrogens is 334 g/mol. The maximum Gasteiger partial charge on any atom is 0.255 e. The van der Waals surface area contributed by atoms with Gasteiger partial charge in [0.1, 0.15) is 11.6 Å². The first-order valence-electron chi connectivity index (χ1n) is 5.51. The monoisotopic (exact) mass is 342 g/mol. The maximum atomic E-state index is 13.6. The summed E-state index contributed by atoms with van der Waals surface area (Å²) in [5.74, 6) is -2.18. The van der Waals surface area contributed by atoms with Crippen LogP contribution in [0.3, 0.4) is 0 Å². The average molecular weight is 343 g/mol. The number of hydrogen-bond donors (Lipinski definition) is 1. The second-order valence-electron chi connectivity index (χ2n) is 4.06. The quantitative estimate of drug-likeness (QED) is 0.853. The predicted octanol–water partition coefficient (Wildman–Crippen LogP) is 2.68. The van der Waals surface area contributed by atoms with Crippen LogP contribution in [0.25, 0.3) is 0 Å². The normalized spacial score (nSPS) is 10.4. The van der Waals surface area contributed by atoms with E-state index in [4.69, 9.17) is 0 Å². The third-order valence-electron chi connectivity index (χ3n) is 2.62. The first kappa shape index (κ1) is 14.4. The van der Waals surface area contributed by atoms with E-state index in [0.717, 1.165) is 18.2 Å². The van der Waals surface area contributed by atoms with E-state index in [0.29, 0.717) is 0 Å². The molecule has 0 aliphatic heterocycles. The second-order valence-corrected chi connectivity index (χ2v) is 4.92. The molecule has 2 rings (SSSR count). The smallest absolute Gasteiger partial charge is 0.255 e. The molecule has 1 heterocycles. The minimum Gasteiger partial charge on any atom is -0.319 e. The fraction of sp³-hybridized carbons (Fsp3) is 0.0769. The van der Waals surface area contributed by atoms with Gasteiger partial charge in [-0.05, 0) is 28.1 Å². The summed E-state index contributed by atoms with van der Waals surface area (Å²) in [5, 5.41) is 2.22. The van der Waals surface area contributed by atoms with Gasteiger partial charge in [0, 0.05) is 30.9 Å². The minimum atomic E-state index is -0.782. The van der Waals surface area contributed by atoms with E-state index in [1.165, 1.54) is 23.9 Å². The zero-order chi connectivity index (χ0) is 14.9. The van der Waals surface area contributed by atoms with Crippen molar-refractivity contribution >= 4 is 27.5 Å².